The fourth-order valence-corrected chi connectivity index (χ4v) is 2.99. The van der Waals surface area contributed by atoms with Crippen molar-refractivity contribution < 1.29 is 4.74 Å². The van der Waals surface area contributed by atoms with E-state index in [0.29, 0.717) is 5.92 Å². The van der Waals surface area contributed by atoms with E-state index in [-0.39, 0.29) is 0 Å². The molecule has 0 aliphatic carbocycles. The summed E-state index contributed by atoms with van der Waals surface area (Å²) in [6.07, 6.45) is 6.88. The number of ether oxygens (including phenoxy) is 1. The molecule has 6 nitrogen and oxygen atoms in total. The Labute approximate surface area is 130 Å². The Hall–Kier alpha value is -1.79. The van der Waals surface area contributed by atoms with Crippen molar-refractivity contribution in [2.45, 2.75) is 19.3 Å². The van der Waals surface area contributed by atoms with E-state index in [2.05, 4.69) is 31.1 Å². The summed E-state index contributed by atoms with van der Waals surface area (Å²) in [5.74, 6) is 0.711. The molecule has 2 aromatic rings. The van der Waals surface area contributed by atoms with Crippen LogP contribution in [0.3, 0.4) is 0 Å². The third kappa shape index (κ3) is 3.90. The molecule has 3 heterocycles. The number of aromatic amines is 1. The first-order valence-corrected chi connectivity index (χ1v) is 7.87. The van der Waals surface area contributed by atoms with Gasteiger partial charge in [0.05, 0.1) is 18.0 Å². The Morgan fingerprint density at radius 3 is 2.91 bits per heavy atom. The molecule has 0 saturated carbocycles. The number of piperidine rings is 1. The van der Waals surface area contributed by atoms with Crippen molar-refractivity contribution in [3.8, 4) is 11.4 Å². The summed E-state index contributed by atoms with van der Waals surface area (Å²) >= 11 is 0. The molecular formula is C16H23N5O. The van der Waals surface area contributed by atoms with E-state index in [4.69, 9.17) is 4.74 Å². The van der Waals surface area contributed by atoms with E-state index in [1.165, 1.54) is 12.8 Å². The highest BCUT2D eigenvalue weighted by Crippen LogP contribution is 2.22. The Morgan fingerprint density at radius 1 is 1.32 bits per heavy atom. The highest BCUT2D eigenvalue weighted by Gasteiger charge is 2.19. The van der Waals surface area contributed by atoms with Crippen molar-refractivity contribution in [2.75, 3.05) is 33.4 Å². The van der Waals surface area contributed by atoms with Crippen LogP contribution in [0.15, 0.2) is 24.7 Å². The van der Waals surface area contributed by atoms with Crippen LogP contribution in [0, 0.1) is 5.92 Å². The van der Waals surface area contributed by atoms with E-state index >= 15 is 0 Å². The summed E-state index contributed by atoms with van der Waals surface area (Å²) in [7, 11) is 1.76. The molecule has 2 aromatic heterocycles. The van der Waals surface area contributed by atoms with Crippen LogP contribution in [-0.4, -0.2) is 58.4 Å². The second-order valence-corrected chi connectivity index (χ2v) is 5.85. The zero-order chi connectivity index (χ0) is 15.2. The van der Waals surface area contributed by atoms with Crippen LogP contribution in [0.4, 0.5) is 0 Å². The standard InChI is InChI=1S/C16H23N5O/c1-22-9-8-21-6-3-13(4-7-21)10-14-11-16(18-12-17-14)15-2-5-19-20-15/h2,5,11-13H,3-4,6-10H2,1H3,(H,19,20). The van der Waals surface area contributed by atoms with E-state index in [0.717, 1.165) is 49.7 Å². The monoisotopic (exact) mass is 301 g/mol. The first-order chi connectivity index (χ1) is 10.8. The lowest BCUT2D eigenvalue weighted by atomic mass is 9.92. The van der Waals surface area contributed by atoms with Crippen LogP contribution in [0.5, 0.6) is 0 Å². The summed E-state index contributed by atoms with van der Waals surface area (Å²) in [6, 6.07) is 4.01. The van der Waals surface area contributed by atoms with Gasteiger partial charge in [0.15, 0.2) is 0 Å². The lowest BCUT2D eigenvalue weighted by molar-refractivity contribution is 0.120. The van der Waals surface area contributed by atoms with E-state index in [1.807, 2.05) is 6.07 Å². The summed E-state index contributed by atoms with van der Waals surface area (Å²) in [5.41, 5.74) is 2.98. The Morgan fingerprint density at radius 2 is 2.18 bits per heavy atom. The minimum Gasteiger partial charge on any atom is -0.383 e. The molecule has 1 aliphatic heterocycles. The molecule has 3 rings (SSSR count). The van der Waals surface area contributed by atoms with Crippen molar-refractivity contribution in [1.82, 2.24) is 25.1 Å². The van der Waals surface area contributed by atoms with Crippen molar-refractivity contribution >= 4 is 0 Å². The van der Waals surface area contributed by atoms with E-state index < -0.39 is 0 Å². The highest BCUT2D eigenvalue weighted by atomic mass is 16.5. The average molecular weight is 301 g/mol. The number of H-pyrrole nitrogens is 1. The zero-order valence-corrected chi connectivity index (χ0v) is 13.0. The fraction of sp³-hybridized carbons (Fsp3) is 0.562. The molecular weight excluding hydrogens is 278 g/mol. The molecule has 0 aromatic carbocycles. The number of aromatic nitrogens is 4. The lowest BCUT2D eigenvalue weighted by Gasteiger charge is -2.31. The number of rotatable bonds is 6. The van der Waals surface area contributed by atoms with Crippen molar-refractivity contribution in [1.29, 1.82) is 0 Å². The molecule has 1 aliphatic rings. The minimum absolute atomic E-state index is 0.711. The lowest BCUT2D eigenvalue weighted by Crippen LogP contribution is -2.36. The quantitative estimate of drug-likeness (QED) is 0.881. The van der Waals surface area contributed by atoms with Crippen molar-refractivity contribution in [3.05, 3.63) is 30.4 Å². The van der Waals surface area contributed by atoms with E-state index in [1.54, 1.807) is 19.6 Å². The highest BCUT2D eigenvalue weighted by molar-refractivity contribution is 5.52. The molecule has 1 N–H and O–H groups in total. The van der Waals surface area contributed by atoms with Gasteiger partial charge in [-0.2, -0.15) is 5.10 Å². The van der Waals surface area contributed by atoms with Gasteiger partial charge in [0, 0.05) is 25.5 Å². The molecule has 0 amide bonds. The SMILES string of the molecule is COCCN1CCC(Cc2cc(-c3ccn[nH]3)ncn2)CC1. The maximum atomic E-state index is 5.15. The molecule has 118 valence electrons. The van der Waals surface area contributed by atoms with E-state index in [9.17, 15) is 0 Å². The maximum Gasteiger partial charge on any atom is 0.116 e. The Balaban J connectivity index is 1.55. The normalized spacial score (nSPS) is 17.0. The van der Waals surface area contributed by atoms with Gasteiger partial charge in [-0.15, -0.1) is 0 Å². The average Bonchev–Trinajstić information content (AvgIpc) is 3.09. The first-order valence-electron chi connectivity index (χ1n) is 7.87. The molecule has 1 fully saturated rings. The summed E-state index contributed by atoms with van der Waals surface area (Å²) in [5, 5.41) is 6.93. The van der Waals surface area contributed by atoms with Gasteiger partial charge in [-0.1, -0.05) is 0 Å². The van der Waals surface area contributed by atoms with Gasteiger partial charge in [-0.3, -0.25) is 5.10 Å². The summed E-state index contributed by atoms with van der Waals surface area (Å²) in [4.78, 5) is 11.2. The molecule has 0 spiro atoms. The Bertz CT molecular complexity index is 564. The smallest absolute Gasteiger partial charge is 0.116 e. The number of methoxy groups -OCH3 is 1. The van der Waals surface area contributed by atoms with Crippen LogP contribution in [0.2, 0.25) is 0 Å². The number of hydrogen-bond donors (Lipinski definition) is 1. The van der Waals surface area contributed by atoms with Gasteiger partial charge < -0.3 is 9.64 Å². The zero-order valence-electron chi connectivity index (χ0n) is 13.0. The molecule has 1 saturated heterocycles. The minimum atomic E-state index is 0.711. The molecule has 0 unspecified atom stereocenters. The second kappa shape index (κ2) is 7.47. The number of nitrogens with one attached hydrogen (secondary N) is 1. The van der Waals surface area contributed by atoms with Crippen LogP contribution in [0.1, 0.15) is 18.5 Å². The molecule has 22 heavy (non-hydrogen) atoms. The molecule has 6 heteroatoms. The number of hydrogen-bond acceptors (Lipinski definition) is 5. The number of nitrogens with zero attached hydrogens (tertiary/aromatic N) is 4. The summed E-state index contributed by atoms with van der Waals surface area (Å²) in [6.45, 7) is 4.18. The van der Waals surface area contributed by atoms with Gasteiger partial charge in [0.1, 0.15) is 6.33 Å². The molecule has 0 radical (unpaired) electrons. The van der Waals surface area contributed by atoms with Gasteiger partial charge >= 0.3 is 0 Å². The molecule has 0 atom stereocenters. The molecule has 0 bridgehead atoms. The number of likely N-dealkylation sites (tertiary alicyclic amines) is 1. The predicted octanol–water partition coefficient (Wildman–Crippen LogP) is 1.77. The first kappa shape index (κ1) is 15.1. The topological polar surface area (TPSA) is 66.9 Å². The third-order valence-electron chi connectivity index (χ3n) is 4.32. The predicted molar refractivity (Wildman–Crippen MR) is 84.4 cm³/mol. The maximum absolute atomic E-state index is 5.15. The van der Waals surface area contributed by atoms with Gasteiger partial charge in [-0.05, 0) is 50.4 Å². The van der Waals surface area contributed by atoms with Gasteiger partial charge in [0.25, 0.3) is 0 Å². The summed E-state index contributed by atoms with van der Waals surface area (Å²) < 4.78 is 5.15. The van der Waals surface area contributed by atoms with Crippen LogP contribution >= 0.6 is 0 Å². The second-order valence-electron chi connectivity index (χ2n) is 5.85. The van der Waals surface area contributed by atoms with Crippen LogP contribution in [0.25, 0.3) is 11.4 Å². The largest absolute Gasteiger partial charge is 0.383 e. The van der Waals surface area contributed by atoms with Gasteiger partial charge in [0.2, 0.25) is 0 Å². The third-order valence-corrected chi connectivity index (χ3v) is 4.32. The van der Waals surface area contributed by atoms with Gasteiger partial charge in [-0.25, -0.2) is 9.97 Å². The van der Waals surface area contributed by atoms with Crippen LogP contribution in [-0.2, 0) is 11.2 Å². The van der Waals surface area contributed by atoms with Crippen molar-refractivity contribution in [2.24, 2.45) is 5.92 Å². The fourth-order valence-electron chi connectivity index (χ4n) is 2.99. The Kier molecular flexibility index (Phi) is 5.13. The van der Waals surface area contributed by atoms with Crippen LogP contribution < -0.4 is 0 Å². The van der Waals surface area contributed by atoms with Crippen molar-refractivity contribution in [3.63, 3.8) is 0 Å².